The minimum Gasteiger partial charge on any atom is -0.337 e. The monoisotopic (exact) mass is 360 g/mol. The Morgan fingerprint density at radius 1 is 0.889 bits per heavy atom. The third-order valence-electron chi connectivity index (χ3n) is 4.77. The second-order valence-electron chi connectivity index (χ2n) is 6.70. The predicted molar refractivity (Wildman–Crippen MR) is 101 cm³/mol. The number of aromatic nitrogens is 3. The maximum absolute atomic E-state index is 12.3. The van der Waals surface area contributed by atoms with Crippen LogP contribution in [0.3, 0.4) is 0 Å². The van der Waals surface area contributed by atoms with Crippen LogP contribution >= 0.6 is 0 Å². The fourth-order valence-corrected chi connectivity index (χ4v) is 3.26. The molecule has 0 atom stereocenters. The van der Waals surface area contributed by atoms with Crippen molar-refractivity contribution in [3.63, 3.8) is 0 Å². The maximum atomic E-state index is 12.3. The number of carbonyl (C=O) groups is 2. The number of benzene rings is 1. The highest BCUT2D eigenvalue weighted by atomic mass is 16.2. The Bertz CT molecular complexity index is 956. The van der Waals surface area contributed by atoms with Crippen molar-refractivity contribution >= 4 is 11.8 Å². The van der Waals surface area contributed by atoms with E-state index in [0.717, 1.165) is 36.3 Å². The number of unbranched alkanes of at least 4 members (excludes halogenated alkanes) is 1. The predicted octanol–water partition coefficient (Wildman–Crippen LogP) is 3.33. The van der Waals surface area contributed by atoms with Crippen LogP contribution in [0, 0.1) is 6.92 Å². The lowest BCUT2D eigenvalue weighted by Gasteiger charge is -2.13. The Labute approximate surface area is 157 Å². The highest BCUT2D eigenvalue weighted by molar-refractivity contribution is 6.21. The van der Waals surface area contributed by atoms with Crippen LogP contribution in [-0.4, -0.2) is 37.8 Å². The van der Waals surface area contributed by atoms with Gasteiger partial charge in [0.2, 0.25) is 0 Å². The quantitative estimate of drug-likeness (QED) is 0.499. The molecule has 0 spiro atoms. The fraction of sp³-hybridized carbons (Fsp3) is 0.238. The van der Waals surface area contributed by atoms with Crippen LogP contribution < -0.4 is 0 Å². The van der Waals surface area contributed by atoms with E-state index in [0.29, 0.717) is 17.7 Å². The van der Waals surface area contributed by atoms with Gasteiger partial charge in [-0.1, -0.05) is 12.1 Å². The molecule has 0 N–H and O–H groups in total. The average molecular weight is 360 g/mol. The molecule has 0 fully saturated rings. The van der Waals surface area contributed by atoms with Gasteiger partial charge in [-0.25, -0.2) is 4.98 Å². The van der Waals surface area contributed by atoms with Gasteiger partial charge in [-0.15, -0.1) is 0 Å². The summed E-state index contributed by atoms with van der Waals surface area (Å²) in [4.78, 5) is 34.8. The molecule has 27 heavy (non-hydrogen) atoms. The molecule has 1 aromatic carbocycles. The molecule has 136 valence electrons. The highest BCUT2D eigenvalue weighted by Gasteiger charge is 2.34. The fourth-order valence-electron chi connectivity index (χ4n) is 3.26. The van der Waals surface area contributed by atoms with Crippen molar-refractivity contribution in [2.24, 2.45) is 0 Å². The van der Waals surface area contributed by atoms with Crippen molar-refractivity contribution in [3.8, 4) is 11.3 Å². The van der Waals surface area contributed by atoms with Crippen LogP contribution in [0.4, 0.5) is 0 Å². The van der Waals surface area contributed by atoms with E-state index in [1.54, 1.807) is 30.6 Å². The first-order valence-electron chi connectivity index (χ1n) is 9.03. The summed E-state index contributed by atoms with van der Waals surface area (Å²) in [6, 6.07) is 11.0. The molecular formula is C21H20N4O2. The Morgan fingerprint density at radius 2 is 1.59 bits per heavy atom. The van der Waals surface area contributed by atoms with E-state index in [-0.39, 0.29) is 11.8 Å². The topological polar surface area (TPSA) is 68.1 Å². The van der Waals surface area contributed by atoms with Gasteiger partial charge in [-0.05, 0) is 44.0 Å². The standard InChI is InChI=1S/C21H20N4O2/c1-15-8-9-16(12-22-15)19-13-24(14-23-19)10-4-5-11-25-20(26)17-6-2-3-7-18(17)21(25)27/h2-3,6-9,12-14H,4-5,10-11H2,1H3. The number of rotatable bonds is 6. The van der Waals surface area contributed by atoms with Crippen molar-refractivity contribution in [1.29, 1.82) is 0 Å². The van der Waals surface area contributed by atoms with Gasteiger partial charge in [0, 0.05) is 36.7 Å². The third-order valence-corrected chi connectivity index (χ3v) is 4.77. The molecule has 4 rings (SSSR count). The SMILES string of the molecule is Cc1ccc(-c2cn(CCCCN3C(=O)c4ccccc4C3=O)cn2)cn1. The number of hydrogen-bond acceptors (Lipinski definition) is 4. The van der Waals surface area contributed by atoms with Crippen LogP contribution in [0.25, 0.3) is 11.3 Å². The van der Waals surface area contributed by atoms with E-state index in [1.807, 2.05) is 36.0 Å². The number of carbonyl (C=O) groups excluding carboxylic acids is 2. The first-order valence-corrected chi connectivity index (χ1v) is 9.03. The van der Waals surface area contributed by atoms with Crippen molar-refractivity contribution in [1.82, 2.24) is 19.4 Å². The van der Waals surface area contributed by atoms with Crippen molar-refractivity contribution in [2.75, 3.05) is 6.54 Å². The summed E-state index contributed by atoms with van der Waals surface area (Å²) in [5, 5.41) is 0. The molecule has 6 heteroatoms. The number of hydrogen-bond donors (Lipinski definition) is 0. The molecule has 6 nitrogen and oxygen atoms in total. The first kappa shape index (κ1) is 17.1. The van der Waals surface area contributed by atoms with E-state index in [1.165, 1.54) is 4.90 Å². The number of aryl methyl sites for hydroxylation is 2. The molecule has 1 aliphatic heterocycles. The number of imidazole rings is 1. The van der Waals surface area contributed by atoms with Crippen LogP contribution in [0.5, 0.6) is 0 Å². The van der Waals surface area contributed by atoms with E-state index >= 15 is 0 Å². The Kier molecular flexibility index (Phi) is 4.54. The van der Waals surface area contributed by atoms with Gasteiger partial charge in [-0.3, -0.25) is 19.5 Å². The van der Waals surface area contributed by atoms with Crippen LogP contribution in [0.1, 0.15) is 39.3 Å². The Hall–Kier alpha value is -3.28. The van der Waals surface area contributed by atoms with Gasteiger partial charge in [-0.2, -0.15) is 0 Å². The molecular weight excluding hydrogens is 340 g/mol. The van der Waals surface area contributed by atoms with Crippen LogP contribution in [0.2, 0.25) is 0 Å². The summed E-state index contributed by atoms with van der Waals surface area (Å²) in [5.41, 5.74) is 3.88. The molecule has 0 aliphatic carbocycles. The lowest BCUT2D eigenvalue weighted by atomic mass is 10.1. The Morgan fingerprint density at radius 3 is 2.26 bits per heavy atom. The van der Waals surface area contributed by atoms with Crippen molar-refractivity contribution in [3.05, 3.63) is 71.9 Å². The van der Waals surface area contributed by atoms with Crippen molar-refractivity contribution < 1.29 is 9.59 Å². The molecule has 0 bridgehead atoms. The van der Waals surface area contributed by atoms with E-state index < -0.39 is 0 Å². The molecule has 2 amide bonds. The number of nitrogens with zero attached hydrogens (tertiary/aromatic N) is 4. The first-order chi connectivity index (χ1) is 13.1. The third kappa shape index (κ3) is 3.38. The summed E-state index contributed by atoms with van der Waals surface area (Å²) in [5.74, 6) is -0.375. The molecule has 0 radical (unpaired) electrons. The largest absolute Gasteiger partial charge is 0.337 e. The summed E-state index contributed by atoms with van der Waals surface area (Å²) in [6.45, 7) is 3.18. The number of fused-ring (bicyclic) bond motifs is 1. The summed E-state index contributed by atoms with van der Waals surface area (Å²) in [6.07, 6.45) is 7.23. The van der Waals surface area contributed by atoms with E-state index in [4.69, 9.17) is 0 Å². The lowest BCUT2D eigenvalue weighted by Crippen LogP contribution is -2.30. The normalized spacial score (nSPS) is 13.3. The zero-order valence-corrected chi connectivity index (χ0v) is 15.1. The van der Waals surface area contributed by atoms with E-state index in [9.17, 15) is 9.59 Å². The van der Waals surface area contributed by atoms with Crippen LogP contribution in [0.15, 0.2) is 55.1 Å². The second-order valence-corrected chi connectivity index (χ2v) is 6.70. The van der Waals surface area contributed by atoms with Gasteiger partial charge in [0.25, 0.3) is 11.8 Å². The summed E-state index contributed by atoms with van der Waals surface area (Å²) >= 11 is 0. The molecule has 0 saturated carbocycles. The van der Waals surface area contributed by atoms with Gasteiger partial charge < -0.3 is 4.57 Å². The molecule has 0 saturated heterocycles. The molecule has 3 heterocycles. The van der Waals surface area contributed by atoms with Crippen molar-refractivity contribution in [2.45, 2.75) is 26.3 Å². The number of pyridine rings is 1. The molecule has 0 unspecified atom stereocenters. The maximum Gasteiger partial charge on any atom is 0.261 e. The molecule has 3 aromatic rings. The lowest BCUT2D eigenvalue weighted by molar-refractivity contribution is 0.0651. The second kappa shape index (κ2) is 7.15. The molecule has 2 aromatic heterocycles. The number of amides is 2. The number of imide groups is 1. The minimum atomic E-state index is -0.188. The van der Waals surface area contributed by atoms with E-state index in [2.05, 4.69) is 9.97 Å². The molecule has 1 aliphatic rings. The highest BCUT2D eigenvalue weighted by Crippen LogP contribution is 2.23. The summed E-state index contributed by atoms with van der Waals surface area (Å²) < 4.78 is 2.03. The smallest absolute Gasteiger partial charge is 0.261 e. The zero-order chi connectivity index (χ0) is 18.8. The zero-order valence-electron chi connectivity index (χ0n) is 15.1. The van der Waals surface area contributed by atoms with Gasteiger partial charge in [0.05, 0.1) is 23.1 Å². The Balaban J connectivity index is 1.31. The average Bonchev–Trinajstić information content (AvgIpc) is 3.25. The van der Waals surface area contributed by atoms with Gasteiger partial charge >= 0.3 is 0 Å². The van der Waals surface area contributed by atoms with Crippen LogP contribution in [-0.2, 0) is 6.54 Å². The summed E-state index contributed by atoms with van der Waals surface area (Å²) in [7, 11) is 0. The van der Waals surface area contributed by atoms with Gasteiger partial charge in [0.1, 0.15) is 0 Å². The minimum absolute atomic E-state index is 0.188. The van der Waals surface area contributed by atoms with Gasteiger partial charge in [0.15, 0.2) is 0 Å².